The molecule has 0 aromatic rings. The summed E-state index contributed by atoms with van der Waals surface area (Å²) in [4.78, 5) is 119. The summed E-state index contributed by atoms with van der Waals surface area (Å²) in [6.45, 7) is 14.0. The lowest BCUT2D eigenvalue weighted by atomic mass is 9.31. The molecule has 1 N–H and O–H groups in total. The number of hydrogen-bond donors (Lipinski definition) is 1. The van der Waals surface area contributed by atoms with E-state index in [2.05, 4.69) is 0 Å². The third-order valence-corrected chi connectivity index (χ3v) is 15.0. The molecule has 0 aromatic carbocycles. The van der Waals surface area contributed by atoms with Gasteiger partial charge in [0.25, 0.3) is 0 Å². The van der Waals surface area contributed by atoms with Crippen LogP contribution >= 0.6 is 0 Å². The van der Waals surface area contributed by atoms with Crippen molar-refractivity contribution < 1.29 is 95.6 Å². The summed E-state index contributed by atoms with van der Waals surface area (Å²) >= 11 is 0. The Kier molecular flexibility index (Phi) is 13.2. The largest absolute Gasteiger partial charge is 0.467 e. The van der Waals surface area contributed by atoms with Gasteiger partial charge in [0.1, 0.15) is 37.1 Å². The predicted molar refractivity (Wildman–Crippen MR) is 208 cm³/mol. The highest BCUT2D eigenvalue weighted by molar-refractivity contribution is 5.86. The molecule has 5 aliphatic rings. The first-order valence-electron chi connectivity index (χ1n) is 20.9. The summed E-state index contributed by atoms with van der Waals surface area (Å²) < 4.78 is 59.5. The van der Waals surface area contributed by atoms with Crippen molar-refractivity contribution in [1.82, 2.24) is 0 Å². The molecule has 0 aromatic heterocycles. The Morgan fingerprint density at radius 2 is 1.21 bits per heavy atom. The van der Waals surface area contributed by atoms with E-state index in [1.165, 1.54) is 13.8 Å². The maximum atomic E-state index is 14.2. The molecule has 63 heavy (non-hydrogen) atoms. The second-order valence-electron chi connectivity index (χ2n) is 18.3. The summed E-state index contributed by atoms with van der Waals surface area (Å²) in [5.41, 5.74) is -11.6. The number of carbonyl (C=O) groups is 9. The van der Waals surface area contributed by atoms with Crippen LogP contribution in [0, 0.1) is 39.4 Å². The number of rotatable bonds is 12. The number of epoxide rings is 1. The maximum Gasteiger partial charge on any atom is 0.341 e. The zero-order valence-electron chi connectivity index (χ0n) is 38.0. The molecule has 0 amide bonds. The predicted octanol–water partition coefficient (Wildman–Crippen LogP) is 1.84. The van der Waals surface area contributed by atoms with E-state index in [0.29, 0.717) is 0 Å². The smallest absolute Gasteiger partial charge is 0.341 e. The molecule has 1 aliphatic heterocycles. The average Bonchev–Trinajstić information content (AvgIpc) is 3.91. The fourth-order valence-electron chi connectivity index (χ4n) is 13.0. The van der Waals surface area contributed by atoms with Gasteiger partial charge in [-0.05, 0) is 38.0 Å². The first kappa shape index (κ1) is 49.2. The van der Waals surface area contributed by atoms with Crippen LogP contribution in [0.2, 0.25) is 0 Å². The summed E-state index contributed by atoms with van der Waals surface area (Å²) in [6.07, 6.45) is -11.1. The fourth-order valence-corrected chi connectivity index (χ4v) is 13.0. The second kappa shape index (κ2) is 16.9. The molecule has 0 bridgehead atoms. The average molecular weight is 897 g/mol. The van der Waals surface area contributed by atoms with Gasteiger partial charge in [-0.2, -0.15) is 0 Å². The standard InChI is InChI=1S/C43H60O20/c1-19(57-22(4)46)41(18-56-21(3)45)30(17-55-20(2)44)38(10)15-14-29-39(11,32(38)31(59-24(6)48)34(41)60-25(7)49)35(61-26(8)50)36(62-27(9)51)40(12)42(29,53)16-28(58-23(5)47)33-43(40,63-33)37(52)54-13/h19,28-36,53H,14-18H2,1-13H3/t19?,28-,29+,30-,31-,32-,33?,34-,35+,36-,38-,39-,40+,41+,42+,43-/m0/s1. The number of fused-ring (bicyclic) bond motifs is 7. The number of ether oxygens (including phenoxy) is 10. The van der Waals surface area contributed by atoms with Crippen LogP contribution in [0.1, 0.15) is 102 Å². The fraction of sp³-hybridized carbons (Fsp3) is 0.791. The van der Waals surface area contributed by atoms with E-state index >= 15 is 0 Å². The maximum absolute atomic E-state index is 14.2. The van der Waals surface area contributed by atoms with E-state index in [1.807, 2.05) is 0 Å². The van der Waals surface area contributed by atoms with Gasteiger partial charge in [0.15, 0.2) is 12.2 Å². The van der Waals surface area contributed by atoms with Gasteiger partial charge in [-0.3, -0.25) is 38.4 Å². The molecule has 5 fully saturated rings. The summed E-state index contributed by atoms with van der Waals surface area (Å²) in [7, 11) is 1.08. The van der Waals surface area contributed by atoms with E-state index in [9.17, 15) is 48.3 Å². The Morgan fingerprint density at radius 1 is 0.683 bits per heavy atom. The summed E-state index contributed by atoms with van der Waals surface area (Å²) in [5.74, 6) is -11.4. The lowest BCUT2D eigenvalue weighted by Crippen LogP contribution is -2.85. The quantitative estimate of drug-likeness (QED) is 0.166. The highest BCUT2D eigenvalue weighted by Gasteiger charge is 2.92. The number of hydrogen-bond acceptors (Lipinski definition) is 20. The molecular weight excluding hydrogens is 836 g/mol. The Morgan fingerprint density at radius 3 is 1.70 bits per heavy atom. The Labute approximate surface area is 364 Å². The van der Waals surface area contributed by atoms with E-state index < -0.39 is 167 Å². The van der Waals surface area contributed by atoms with Crippen LogP contribution in [0.15, 0.2) is 0 Å². The van der Waals surface area contributed by atoms with E-state index in [4.69, 9.17) is 47.4 Å². The van der Waals surface area contributed by atoms with Crippen LogP contribution in [0.25, 0.3) is 0 Å². The molecule has 0 spiro atoms. The molecule has 5 rings (SSSR count). The summed E-state index contributed by atoms with van der Waals surface area (Å²) in [6, 6.07) is 0. The molecule has 20 heteroatoms. The third kappa shape index (κ3) is 7.51. The van der Waals surface area contributed by atoms with Gasteiger partial charge in [0.2, 0.25) is 5.60 Å². The molecule has 16 atom stereocenters. The van der Waals surface area contributed by atoms with Gasteiger partial charge in [-0.25, -0.2) is 4.79 Å². The van der Waals surface area contributed by atoms with Gasteiger partial charge in [0.05, 0.1) is 30.1 Å². The van der Waals surface area contributed by atoms with Crippen molar-refractivity contribution in [3.8, 4) is 0 Å². The highest BCUT2D eigenvalue weighted by Crippen LogP contribution is 2.78. The van der Waals surface area contributed by atoms with E-state index in [0.717, 1.165) is 62.5 Å². The molecule has 20 nitrogen and oxygen atoms in total. The molecule has 4 aliphatic carbocycles. The lowest BCUT2D eigenvalue weighted by Gasteiger charge is -2.74. The molecular formula is C43H60O20. The third-order valence-electron chi connectivity index (χ3n) is 15.0. The van der Waals surface area contributed by atoms with Crippen LogP contribution < -0.4 is 0 Å². The van der Waals surface area contributed by atoms with Crippen LogP contribution in [-0.4, -0.2) is 133 Å². The molecule has 2 unspecified atom stereocenters. The van der Waals surface area contributed by atoms with E-state index in [1.54, 1.807) is 13.8 Å². The Hall–Kier alpha value is -4.85. The number of carbonyl (C=O) groups excluding carboxylic acids is 9. The van der Waals surface area contributed by atoms with Gasteiger partial charge in [-0.15, -0.1) is 0 Å². The van der Waals surface area contributed by atoms with Crippen molar-refractivity contribution in [2.75, 3.05) is 20.3 Å². The van der Waals surface area contributed by atoms with Crippen molar-refractivity contribution in [2.45, 2.75) is 156 Å². The highest BCUT2D eigenvalue weighted by atomic mass is 16.7. The van der Waals surface area contributed by atoms with Crippen molar-refractivity contribution in [3.63, 3.8) is 0 Å². The van der Waals surface area contributed by atoms with Crippen molar-refractivity contribution in [2.24, 2.45) is 39.4 Å². The van der Waals surface area contributed by atoms with Gasteiger partial charge in [-0.1, -0.05) is 13.8 Å². The second-order valence-corrected chi connectivity index (χ2v) is 18.3. The van der Waals surface area contributed by atoms with E-state index in [-0.39, 0.29) is 12.8 Å². The molecule has 352 valence electrons. The number of methoxy groups -OCH3 is 1. The molecule has 0 radical (unpaired) electrons. The molecule has 1 heterocycles. The lowest BCUT2D eigenvalue weighted by molar-refractivity contribution is -0.366. The minimum atomic E-state index is -2.28. The van der Waals surface area contributed by atoms with Crippen LogP contribution in [-0.2, 0) is 90.5 Å². The minimum Gasteiger partial charge on any atom is -0.467 e. The van der Waals surface area contributed by atoms with Crippen LogP contribution in [0.3, 0.4) is 0 Å². The topological polar surface area (TPSA) is 269 Å². The van der Waals surface area contributed by atoms with Crippen molar-refractivity contribution in [1.29, 1.82) is 0 Å². The molecule has 4 saturated carbocycles. The Bertz CT molecular complexity index is 1930. The Balaban J connectivity index is 1.97. The number of esters is 9. The summed E-state index contributed by atoms with van der Waals surface area (Å²) in [5, 5.41) is 13.9. The van der Waals surface area contributed by atoms with Gasteiger partial charge < -0.3 is 52.5 Å². The van der Waals surface area contributed by atoms with Gasteiger partial charge in [0, 0.05) is 79.1 Å². The van der Waals surface area contributed by atoms with Crippen molar-refractivity contribution >= 4 is 53.7 Å². The SMILES string of the molecule is COC(=O)[C@@]12OC1[C@@H](OC(C)=O)C[C@@]1(O)[C@@H]3CC[C@@]4(C)[C@H](COC(C)=O)[C@@](COC(C)=O)(C(C)OC(C)=O)[C@@H](OC(C)=O)[C@@H](OC(C)=O)[C@@H]4[C@@]3(C)[C@H](OC(C)=O)[C@H](OC(C)=O)[C@@]21C. The zero-order valence-corrected chi connectivity index (χ0v) is 38.0. The first-order chi connectivity index (χ1) is 29.1. The normalized spacial score (nSPS) is 41.1. The number of aliphatic hydroxyl groups is 1. The van der Waals surface area contributed by atoms with Crippen molar-refractivity contribution in [3.05, 3.63) is 0 Å². The van der Waals surface area contributed by atoms with Crippen LogP contribution in [0.4, 0.5) is 0 Å². The monoisotopic (exact) mass is 896 g/mol. The minimum absolute atomic E-state index is 0.0141. The zero-order chi connectivity index (χ0) is 47.6. The molecule has 1 saturated heterocycles. The first-order valence-corrected chi connectivity index (χ1v) is 20.9. The van der Waals surface area contributed by atoms with Gasteiger partial charge >= 0.3 is 53.7 Å². The van der Waals surface area contributed by atoms with Crippen LogP contribution in [0.5, 0.6) is 0 Å².